The number of hydrogen-bond donors (Lipinski definition) is 1. The Bertz CT molecular complexity index is 170. The first-order valence-electron chi connectivity index (χ1n) is 4.66. The van der Waals surface area contributed by atoms with Crippen molar-refractivity contribution < 1.29 is 28.9 Å². The number of aliphatic carboxylic acids is 1. The lowest BCUT2D eigenvalue weighted by Gasteiger charge is -2.04. The van der Waals surface area contributed by atoms with Crippen LogP contribution in [-0.2, 0) is 23.8 Å². The smallest absolute Gasteiger partial charge is 0.329 e. The SMILES string of the molecule is O=CCCOCCOCCOCC(=O)O. The summed E-state index contributed by atoms with van der Waals surface area (Å²) in [7, 11) is 0. The summed E-state index contributed by atoms with van der Waals surface area (Å²) in [4.78, 5) is 19.9. The molecular weight excluding hydrogens is 204 g/mol. The molecule has 0 bridgehead atoms. The fourth-order valence-corrected chi connectivity index (χ4v) is 0.731. The Morgan fingerprint density at radius 2 is 1.53 bits per heavy atom. The molecule has 0 saturated carbocycles. The molecule has 6 nitrogen and oxygen atoms in total. The molecule has 15 heavy (non-hydrogen) atoms. The number of hydrogen-bond acceptors (Lipinski definition) is 5. The van der Waals surface area contributed by atoms with Crippen molar-refractivity contribution in [2.75, 3.05) is 39.6 Å². The van der Waals surface area contributed by atoms with E-state index >= 15 is 0 Å². The van der Waals surface area contributed by atoms with Gasteiger partial charge in [-0.25, -0.2) is 4.79 Å². The zero-order valence-corrected chi connectivity index (χ0v) is 8.52. The van der Waals surface area contributed by atoms with Crippen molar-refractivity contribution >= 4 is 12.3 Å². The van der Waals surface area contributed by atoms with Crippen LogP contribution in [0.1, 0.15) is 6.42 Å². The van der Waals surface area contributed by atoms with Crippen LogP contribution in [0.5, 0.6) is 0 Å². The predicted molar refractivity (Wildman–Crippen MR) is 50.8 cm³/mol. The number of carboxylic acid groups (broad SMARTS) is 1. The Balaban J connectivity index is 2.92. The molecule has 0 aromatic heterocycles. The highest BCUT2D eigenvalue weighted by Crippen LogP contribution is 1.82. The standard InChI is InChI=1S/C9H16O6/c10-2-1-3-13-4-5-14-6-7-15-8-9(11)12/h2H,1,3-8H2,(H,11,12). The number of carboxylic acids is 1. The summed E-state index contributed by atoms with van der Waals surface area (Å²) in [6, 6.07) is 0. The van der Waals surface area contributed by atoms with E-state index < -0.39 is 5.97 Å². The van der Waals surface area contributed by atoms with Crippen LogP contribution in [0.4, 0.5) is 0 Å². The molecule has 0 fully saturated rings. The van der Waals surface area contributed by atoms with Crippen LogP contribution in [-0.4, -0.2) is 57.0 Å². The Morgan fingerprint density at radius 1 is 1.00 bits per heavy atom. The molecule has 0 amide bonds. The summed E-state index contributed by atoms with van der Waals surface area (Å²) in [5.41, 5.74) is 0. The molecule has 6 heteroatoms. The molecule has 0 rings (SSSR count). The van der Waals surface area contributed by atoms with Crippen molar-refractivity contribution in [3.05, 3.63) is 0 Å². The van der Waals surface area contributed by atoms with Crippen molar-refractivity contribution in [1.82, 2.24) is 0 Å². The highest BCUT2D eigenvalue weighted by Gasteiger charge is 1.95. The molecule has 1 N–H and O–H groups in total. The van der Waals surface area contributed by atoms with Crippen molar-refractivity contribution in [2.45, 2.75) is 6.42 Å². The average Bonchev–Trinajstić information content (AvgIpc) is 2.20. The number of rotatable bonds is 11. The molecule has 0 aliphatic rings. The van der Waals surface area contributed by atoms with Gasteiger partial charge in [-0.2, -0.15) is 0 Å². The van der Waals surface area contributed by atoms with Gasteiger partial charge >= 0.3 is 5.97 Å². The van der Waals surface area contributed by atoms with Gasteiger partial charge in [-0.15, -0.1) is 0 Å². The normalized spacial score (nSPS) is 10.1. The minimum Gasteiger partial charge on any atom is -0.480 e. The van der Waals surface area contributed by atoms with Gasteiger partial charge < -0.3 is 24.1 Å². The van der Waals surface area contributed by atoms with Crippen LogP contribution < -0.4 is 0 Å². The van der Waals surface area contributed by atoms with E-state index in [1.807, 2.05) is 0 Å². The van der Waals surface area contributed by atoms with E-state index in [-0.39, 0.29) is 13.2 Å². The fourth-order valence-electron chi connectivity index (χ4n) is 0.731. The Labute approximate surface area is 88.1 Å². The predicted octanol–water partition coefficient (Wildman–Crippen LogP) is -0.290. The van der Waals surface area contributed by atoms with Gasteiger partial charge in [-0.3, -0.25) is 0 Å². The molecule has 0 aliphatic carbocycles. The third kappa shape index (κ3) is 13.0. The lowest BCUT2D eigenvalue weighted by molar-refractivity contribution is -0.142. The van der Waals surface area contributed by atoms with Crippen molar-refractivity contribution in [3.8, 4) is 0 Å². The van der Waals surface area contributed by atoms with Gasteiger partial charge in [-0.1, -0.05) is 0 Å². The second kappa shape index (κ2) is 11.1. The van der Waals surface area contributed by atoms with Gasteiger partial charge in [0.15, 0.2) is 0 Å². The van der Waals surface area contributed by atoms with Crippen LogP contribution in [0.15, 0.2) is 0 Å². The maximum atomic E-state index is 10.0. The Kier molecular flexibility index (Phi) is 10.4. The van der Waals surface area contributed by atoms with E-state index in [1.165, 1.54) is 0 Å². The topological polar surface area (TPSA) is 82.1 Å². The van der Waals surface area contributed by atoms with Gasteiger partial charge in [0.25, 0.3) is 0 Å². The zero-order chi connectivity index (χ0) is 11.4. The molecule has 0 heterocycles. The van der Waals surface area contributed by atoms with Gasteiger partial charge in [0.05, 0.1) is 33.0 Å². The summed E-state index contributed by atoms with van der Waals surface area (Å²) in [5.74, 6) is -0.993. The highest BCUT2D eigenvalue weighted by molar-refractivity contribution is 5.67. The molecule has 0 atom stereocenters. The van der Waals surface area contributed by atoms with Gasteiger partial charge in [0, 0.05) is 6.42 Å². The summed E-state index contributed by atoms with van der Waals surface area (Å²) in [5, 5.41) is 8.22. The van der Waals surface area contributed by atoms with Crippen LogP contribution in [0.25, 0.3) is 0 Å². The number of ether oxygens (including phenoxy) is 3. The summed E-state index contributed by atoms with van der Waals surface area (Å²) >= 11 is 0. The van der Waals surface area contributed by atoms with Crippen LogP contribution in [0.2, 0.25) is 0 Å². The molecule has 0 radical (unpaired) electrons. The van der Waals surface area contributed by atoms with Gasteiger partial charge in [0.2, 0.25) is 0 Å². The lowest BCUT2D eigenvalue weighted by atomic mass is 10.5. The third-order valence-corrected chi connectivity index (χ3v) is 1.35. The van der Waals surface area contributed by atoms with E-state index in [2.05, 4.69) is 0 Å². The summed E-state index contributed by atoms with van der Waals surface area (Å²) in [6.07, 6.45) is 1.18. The lowest BCUT2D eigenvalue weighted by Crippen LogP contribution is -2.13. The van der Waals surface area contributed by atoms with E-state index in [0.29, 0.717) is 32.8 Å². The molecule has 0 unspecified atom stereocenters. The minimum absolute atomic E-state index is 0.251. The Morgan fingerprint density at radius 3 is 2.07 bits per heavy atom. The van der Waals surface area contributed by atoms with Crippen LogP contribution in [0.3, 0.4) is 0 Å². The average molecular weight is 220 g/mol. The summed E-state index contributed by atoms with van der Waals surface area (Å²) < 4.78 is 14.8. The Hall–Kier alpha value is -0.980. The van der Waals surface area contributed by atoms with Crippen molar-refractivity contribution in [3.63, 3.8) is 0 Å². The molecule has 0 aromatic rings. The maximum absolute atomic E-state index is 10.0. The van der Waals surface area contributed by atoms with Crippen molar-refractivity contribution in [2.24, 2.45) is 0 Å². The number of carbonyl (C=O) groups is 2. The molecular formula is C9H16O6. The second-order valence-electron chi connectivity index (χ2n) is 2.63. The molecule has 88 valence electrons. The molecule has 0 spiro atoms. The molecule has 0 saturated heterocycles. The maximum Gasteiger partial charge on any atom is 0.329 e. The van der Waals surface area contributed by atoms with Crippen molar-refractivity contribution in [1.29, 1.82) is 0 Å². The number of carbonyl (C=O) groups excluding carboxylic acids is 1. The zero-order valence-electron chi connectivity index (χ0n) is 8.52. The van der Waals surface area contributed by atoms with E-state index in [9.17, 15) is 9.59 Å². The minimum atomic E-state index is -0.993. The number of aldehydes is 1. The van der Waals surface area contributed by atoms with Crippen LogP contribution in [0, 0.1) is 0 Å². The largest absolute Gasteiger partial charge is 0.480 e. The summed E-state index contributed by atoms with van der Waals surface area (Å²) in [6.45, 7) is 1.52. The third-order valence-electron chi connectivity index (χ3n) is 1.35. The van der Waals surface area contributed by atoms with Gasteiger partial charge in [-0.05, 0) is 0 Å². The first-order valence-corrected chi connectivity index (χ1v) is 4.66. The first kappa shape index (κ1) is 14.0. The van der Waals surface area contributed by atoms with E-state index in [0.717, 1.165) is 6.29 Å². The fraction of sp³-hybridized carbons (Fsp3) is 0.778. The first-order chi connectivity index (χ1) is 7.27. The highest BCUT2D eigenvalue weighted by atomic mass is 16.5. The molecule has 0 aliphatic heterocycles. The van der Waals surface area contributed by atoms with Gasteiger partial charge in [0.1, 0.15) is 12.9 Å². The monoisotopic (exact) mass is 220 g/mol. The van der Waals surface area contributed by atoms with E-state index in [4.69, 9.17) is 19.3 Å². The quantitative estimate of drug-likeness (QED) is 0.380. The second-order valence-corrected chi connectivity index (χ2v) is 2.63. The van der Waals surface area contributed by atoms with E-state index in [1.54, 1.807) is 0 Å². The molecule has 0 aromatic carbocycles. The van der Waals surface area contributed by atoms with Crippen LogP contribution >= 0.6 is 0 Å².